The fraction of sp³-hybridized carbons (Fsp3) is 0.462. The number of thioether (sulfide) groups is 1. The minimum absolute atomic E-state index is 0.0436. The maximum atomic E-state index is 13.5. The highest BCUT2D eigenvalue weighted by Gasteiger charge is 2.22. The molecule has 1 atom stereocenters. The van der Waals surface area contributed by atoms with E-state index in [2.05, 4.69) is 0 Å². The zero-order chi connectivity index (χ0) is 12.3. The summed E-state index contributed by atoms with van der Waals surface area (Å²) in [5, 5.41) is 0.521. The van der Waals surface area contributed by atoms with Crippen molar-refractivity contribution >= 4 is 29.1 Å². The smallest absolute Gasteiger partial charge is 0.150 e. The maximum absolute atomic E-state index is 13.5. The summed E-state index contributed by atoms with van der Waals surface area (Å²) in [5.41, 5.74) is 0.411. The van der Waals surface area contributed by atoms with E-state index >= 15 is 0 Å². The molecule has 17 heavy (non-hydrogen) atoms. The van der Waals surface area contributed by atoms with E-state index in [4.69, 9.17) is 11.6 Å². The lowest BCUT2D eigenvalue weighted by Crippen LogP contribution is -2.23. The van der Waals surface area contributed by atoms with E-state index in [0.29, 0.717) is 10.6 Å². The van der Waals surface area contributed by atoms with Gasteiger partial charge in [0.25, 0.3) is 0 Å². The number of rotatable bonds is 3. The van der Waals surface area contributed by atoms with E-state index in [9.17, 15) is 9.18 Å². The predicted molar refractivity (Wildman–Crippen MR) is 70.2 cm³/mol. The summed E-state index contributed by atoms with van der Waals surface area (Å²) in [6.45, 7) is 0. The number of hydrogen-bond donors (Lipinski definition) is 0. The summed E-state index contributed by atoms with van der Waals surface area (Å²) in [7, 11) is 0. The topological polar surface area (TPSA) is 17.1 Å². The molecule has 1 unspecified atom stereocenters. The van der Waals surface area contributed by atoms with Gasteiger partial charge in [-0.25, -0.2) is 4.39 Å². The summed E-state index contributed by atoms with van der Waals surface area (Å²) in [5.74, 6) is 0.813. The van der Waals surface area contributed by atoms with Gasteiger partial charge in [0, 0.05) is 11.4 Å². The van der Waals surface area contributed by atoms with Gasteiger partial charge in [-0.15, -0.1) is 0 Å². The molecule has 0 spiro atoms. The van der Waals surface area contributed by atoms with Crippen molar-refractivity contribution in [2.75, 3.05) is 5.75 Å². The summed E-state index contributed by atoms with van der Waals surface area (Å²) in [6.07, 6.45) is 3.36. The van der Waals surface area contributed by atoms with Crippen LogP contribution in [0, 0.1) is 5.82 Å². The van der Waals surface area contributed by atoms with Gasteiger partial charge in [0.1, 0.15) is 11.6 Å². The summed E-state index contributed by atoms with van der Waals surface area (Å²) in [4.78, 5) is 12.0. The highest BCUT2D eigenvalue weighted by Crippen LogP contribution is 2.27. The van der Waals surface area contributed by atoms with E-state index < -0.39 is 0 Å². The molecule has 1 aromatic rings. The van der Waals surface area contributed by atoms with Gasteiger partial charge in [0.05, 0.1) is 5.25 Å². The van der Waals surface area contributed by atoms with Crippen molar-refractivity contribution in [2.24, 2.45) is 0 Å². The fourth-order valence-electron chi connectivity index (χ4n) is 1.97. The minimum atomic E-state index is -0.344. The second kappa shape index (κ2) is 5.87. The van der Waals surface area contributed by atoms with E-state index in [1.165, 1.54) is 18.6 Å². The van der Waals surface area contributed by atoms with E-state index in [0.717, 1.165) is 18.6 Å². The first-order valence-corrected chi connectivity index (χ1v) is 7.18. The number of ketones is 1. The molecule has 0 saturated carbocycles. The van der Waals surface area contributed by atoms with Crippen molar-refractivity contribution < 1.29 is 9.18 Å². The lowest BCUT2D eigenvalue weighted by Gasteiger charge is -2.20. The average Bonchev–Trinajstić information content (AvgIpc) is 2.35. The molecular weight excluding hydrogens is 259 g/mol. The van der Waals surface area contributed by atoms with Crippen LogP contribution < -0.4 is 0 Å². The van der Waals surface area contributed by atoms with Crippen molar-refractivity contribution in [2.45, 2.75) is 30.9 Å². The number of carbonyl (C=O) groups excluding carboxylic acids is 1. The Hall–Kier alpha value is -0.540. The highest BCUT2D eigenvalue weighted by atomic mass is 35.5. The van der Waals surface area contributed by atoms with Crippen LogP contribution in [0.4, 0.5) is 4.39 Å². The molecular formula is C13H14ClFOS. The van der Waals surface area contributed by atoms with Crippen LogP contribution in [0.3, 0.4) is 0 Å². The van der Waals surface area contributed by atoms with Crippen LogP contribution in [0.2, 0.25) is 5.02 Å². The molecule has 0 aromatic heterocycles. The second-order valence-corrected chi connectivity index (χ2v) is 5.98. The van der Waals surface area contributed by atoms with Gasteiger partial charge in [-0.3, -0.25) is 4.79 Å². The van der Waals surface area contributed by atoms with Crippen molar-refractivity contribution in [3.8, 4) is 0 Å². The number of carbonyl (C=O) groups is 1. The Morgan fingerprint density at radius 3 is 3.00 bits per heavy atom. The Balaban J connectivity index is 2.04. The molecule has 0 amide bonds. The Bertz CT molecular complexity index is 416. The molecule has 1 fully saturated rings. The number of benzene rings is 1. The van der Waals surface area contributed by atoms with E-state index in [1.807, 2.05) is 0 Å². The van der Waals surface area contributed by atoms with Gasteiger partial charge in [-0.1, -0.05) is 18.0 Å². The third-order valence-electron chi connectivity index (χ3n) is 2.91. The highest BCUT2D eigenvalue weighted by molar-refractivity contribution is 8.00. The molecule has 1 aromatic carbocycles. The summed E-state index contributed by atoms with van der Waals surface area (Å²) < 4.78 is 13.5. The number of Topliss-reactive ketones (excluding diaryl/α,β-unsaturated/α-hetero) is 1. The molecule has 1 saturated heterocycles. The van der Waals surface area contributed by atoms with Crippen LogP contribution in [0.25, 0.3) is 0 Å². The van der Waals surface area contributed by atoms with Gasteiger partial charge >= 0.3 is 0 Å². The first-order valence-electron chi connectivity index (χ1n) is 5.75. The van der Waals surface area contributed by atoms with Crippen LogP contribution in [-0.4, -0.2) is 16.8 Å². The van der Waals surface area contributed by atoms with Crippen molar-refractivity contribution in [3.63, 3.8) is 0 Å². The Morgan fingerprint density at radius 1 is 1.47 bits per heavy atom. The predicted octanol–water partition coefficient (Wildman–Crippen LogP) is 3.88. The molecule has 0 aliphatic carbocycles. The molecule has 1 nitrogen and oxygen atoms in total. The monoisotopic (exact) mass is 272 g/mol. The van der Waals surface area contributed by atoms with Crippen molar-refractivity contribution in [1.29, 1.82) is 0 Å². The molecule has 1 heterocycles. The quantitative estimate of drug-likeness (QED) is 0.831. The van der Waals surface area contributed by atoms with Crippen LogP contribution in [0.1, 0.15) is 24.8 Å². The number of hydrogen-bond acceptors (Lipinski definition) is 2. The Labute approximate surface area is 110 Å². The van der Waals surface area contributed by atoms with Gasteiger partial charge in [0.2, 0.25) is 0 Å². The normalized spacial score (nSPS) is 20.2. The lowest BCUT2D eigenvalue weighted by molar-refractivity contribution is -0.118. The second-order valence-electron chi connectivity index (χ2n) is 4.23. The molecule has 0 N–H and O–H groups in total. The largest absolute Gasteiger partial charge is 0.298 e. The molecule has 2 rings (SSSR count). The SMILES string of the molecule is O=C(Cc1cc(Cl)ccc1F)C1CCCCS1. The third kappa shape index (κ3) is 3.46. The molecule has 1 aliphatic rings. The van der Waals surface area contributed by atoms with Crippen molar-refractivity contribution in [3.05, 3.63) is 34.6 Å². The Morgan fingerprint density at radius 2 is 2.29 bits per heavy atom. The fourth-order valence-corrected chi connectivity index (χ4v) is 3.43. The zero-order valence-electron chi connectivity index (χ0n) is 9.42. The first-order chi connectivity index (χ1) is 8.16. The molecule has 1 aliphatic heterocycles. The van der Waals surface area contributed by atoms with Gasteiger partial charge < -0.3 is 0 Å². The van der Waals surface area contributed by atoms with Crippen LogP contribution in [0.15, 0.2) is 18.2 Å². The molecule has 0 radical (unpaired) electrons. The average molecular weight is 273 g/mol. The number of halogens is 2. The van der Waals surface area contributed by atoms with Crippen LogP contribution in [0.5, 0.6) is 0 Å². The zero-order valence-corrected chi connectivity index (χ0v) is 11.0. The van der Waals surface area contributed by atoms with Gasteiger partial charge in [-0.05, 0) is 42.4 Å². The summed E-state index contributed by atoms with van der Waals surface area (Å²) >= 11 is 7.50. The summed E-state index contributed by atoms with van der Waals surface area (Å²) in [6, 6.07) is 4.36. The first kappa shape index (κ1) is 12.9. The van der Waals surface area contributed by atoms with Crippen LogP contribution >= 0.6 is 23.4 Å². The van der Waals surface area contributed by atoms with Gasteiger partial charge in [-0.2, -0.15) is 11.8 Å². The van der Waals surface area contributed by atoms with Gasteiger partial charge in [0.15, 0.2) is 0 Å². The van der Waals surface area contributed by atoms with Crippen molar-refractivity contribution in [1.82, 2.24) is 0 Å². The van der Waals surface area contributed by atoms with Crippen LogP contribution in [-0.2, 0) is 11.2 Å². The molecule has 4 heteroatoms. The maximum Gasteiger partial charge on any atom is 0.150 e. The standard InChI is InChI=1S/C13H14ClFOS/c14-10-4-5-11(15)9(7-10)8-12(16)13-3-1-2-6-17-13/h4-5,7,13H,1-3,6,8H2. The lowest BCUT2D eigenvalue weighted by atomic mass is 10.0. The molecule has 0 bridgehead atoms. The third-order valence-corrected chi connectivity index (χ3v) is 4.57. The Kier molecular flexibility index (Phi) is 4.46. The van der Waals surface area contributed by atoms with E-state index in [-0.39, 0.29) is 23.3 Å². The minimum Gasteiger partial charge on any atom is -0.298 e. The van der Waals surface area contributed by atoms with E-state index in [1.54, 1.807) is 17.8 Å². The molecule has 92 valence electrons.